The normalized spacial score (nSPS) is 22.8. The summed E-state index contributed by atoms with van der Waals surface area (Å²) >= 11 is -3.07. The van der Waals surface area contributed by atoms with Gasteiger partial charge in [0.1, 0.15) is 0 Å². The Bertz CT molecular complexity index is 1010. The molecule has 0 radical (unpaired) electrons. The Labute approximate surface area is 233 Å². The van der Waals surface area contributed by atoms with Crippen LogP contribution in [-0.2, 0) is 0 Å². The molecule has 0 bridgehead atoms. The van der Waals surface area contributed by atoms with E-state index in [1.807, 2.05) is 0 Å². The SMILES string of the molecule is CCB(CC)[C@@]1(CC)C(c2cccc(OC)c2)=C(c2cccc(OC)c2)[C@@](CC)(B(CC)CC)[Sn]1([CH3])[CH3]. The third-order valence-corrected chi connectivity index (χ3v) is 29.1. The molecular formula is C32H50B2O2Sn. The first-order valence-electron chi connectivity index (χ1n) is 14.8. The molecule has 0 fully saturated rings. The van der Waals surface area contributed by atoms with Crippen molar-refractivity contribution in [1.29, 1.82) is 0 Å². The Balaban J connectivity index is 2.67. The molecule has 2 aromatic carbocycles. The molecular weight excluding hydrogens is 557 g/mol. The number of ether oxygens (including phenoxy) is 2. The van der Waals surface area contributed by atoms with Gasteiger partial charge in [-0.15, -0.1) is 0 Å². The van der Waals surface area contributed by atoms with Crippen molar-refractivity contribution >= 4 is 42.9 Å². The molecule has 37 heavy (non-hydrogen) atoms. The van der Waals surface area contributed by atoms with E-state index in [-0.39, 0.29) is 6.66 Å². The van der Waals surface area contributed by atoms with E-state index in [1.165, 1.54) is 49.2 Å². The molecule has 1 aliphatic rings. The molecule has 0 unspecified atom stereocenters. The molecule has 0 saturated carbocycles. The molecule has 0 aromatic heterocycles. The minimum atomic E-state index is -3.07. The van der Waals surface area contributed by atoms with Crippen LogP contribution in [0.3, 0.4) is 0 Å². The third-order valence-electron chi connectivity index (χ3n) is 10.6. The van der Waals surface area contributed by atoms with E-state index in [9.17, 15) is 0 Å². The van der Waals surface area contributed by atoms with Crippen molar-refractivity contribution in [2.75, 3.05) is 14.2 Å². The monoisotopic (exact) mass is 608 g/mol. The van der Waals surface area contributed by atoms with Crippen LogP contribution in [0.1, 0.15) is 65.5 Å². The second-order valence-corrected chi connectivity index (χ2v) is 25.9. The Morgan fingerprint density at radius 2 is 0.973 bits per heavy atom. The maximum atomic E-state index is 5.80. The van der Waals surface area contributed by atoms with Gasteiger partial charge in [0, 0.05) is 0 Å². The number of hydrogen-bond acceptors (Lipinski definition) is 2. The minimum absolute atomic E-state index is 0.238. The van der Waals surface area contributed by atoms with Crippen LogP contribution in [-0.4, -0.2) is 46.0 Å². The van der Waals surface area contributed by atoms with E-state index >= 15 is 0 Å². The summed E-state index contributed by atoms with van der Waals surface area (Å²) in [5, 5.41) is 0. The number of allylic oxidation sites excluding steroid dienone is 2. The van der Waals surface area contributed by atoms with Crippen molar-refractivity contribution in [3.63, 3.8) is 0 Å². The standard InChI is InChI=1S/C30H44B2O2.2CH3.Sn/c1-9-27(31(11-3)12-4)29(23-17-15-19-25(21-23)33-7)30(28(10-2)32(13-5)14-6)24-18-16-20-26(22-24)34-8;;;/h15-22H,9-14H2,1-8H3;2*1H3;. The Kier molecular flexibility index (Phi) is 10.0. The molecule has 0 aliphatic carbocycles. The summed E-state index contributed by atoms with van der Waals surface area (Å²) in [5.41, 5.74) is 6.03. The molecule has 2 atom stereocenters. The first kappa shape index (κ1) is 30.3. The van der Waals surface area contributed by atoms with Crippen LogP contribution in [0.4, 0.5) is 0 Å². The maximum absolute atomic E-state index is 5.80. The molecule has 5 heteroatoms. The summed E-state index contributed by atoms with van der Waals surface area (Å²) in [7, 11) is 3.59. The number of benzene rings is 2. The van der Waals surface area contributed by atoms with Gasteiger partial charge in [-0.25, -0.2) is 0 Å². The van der Waals surface area contributed by atoms with E-state index < -0.39 is 18.4 Å². The molecule has 3 rings (SSSR count). The van der Waals surface area contributed by atoms with Crippen LogP contribution in [0.25, 0.3) is 11.1 Å². The van der Waals surface area contributed by atoms with E-state index in [0.29, 0.717) is 13.4 Å². The van der Waals surface area contributed by atoms with Gasteiger partial charge in [-0.3, -0.25) is 0 Å². The van der Waals surface area contributed by atoms with Crippen molar-refractivity contribution in [1.82, 2.24) is 0 Å². The average Bonchev–Trinajstić information content (AvgIpc) is 3.11. The van der Waals surface area contributed by atoms with Crippen molar-refractivity contribution in [2.24, 2.45) is 0 Å². The van der Waals surface area contributed by atoms with Crippen molar-refractivity contribution in [2.45, 2.75) is 96.2 Å². The van der Waals surface area contributed by atoms with Crippen LogP contribution in [0.15, 0.2) is 48.5 Å². The fourth-order valence-corrected chi connectivity index (χ4v) is 29.6. The predicted molar refractivity (Wildman–Crippen MR) is 170 cm³/mol. The molecule has 2 nitrogen and oxygen atoms in total. The van der Waals surface area contributed by atoms with Crippen LogP contribution in [0.2, 0.25) is 41.8 Å². The summed E-state index contributed by atoms with van der Waals surface area (Å²) in [6.07, 6.45) is 7.34. The summed E-state index contributed by atoms with van der Waals surface area (Å²) in [6, 6.07) is 18.0. The van der Waals surface area contributed by atoms with Gasteiger partial charge in [-0.05, 0) is 0 Å². The van der Waals surface area contributed by atoms with Crippen molar-refractivity contribution in [3.8, 4) is 11.5 Å². The number of rotatable bonds is 12. The predicted octanol–water partition coefficient (Wildman–Crippen LogP) is 9.78. The molecule has 0 N–H and O–H groups in total. The van der Waals surface area contributed by atoms with E-state index in [2.05, 4.69) is 100.0 Å². The molecule has 1 heterocycles. The first-order valence-corrected chi connectivity index (χ1v) is 23.3. The second kappa shape index (κ2) is 12.3. The van der Waals surface area contributed by atoms with Crippen LogP contribution < -0.4 is 9.47 Å². The number of methoxy groups -OCH3 is 2. The summed E-state index contributed by atoms with van der Waals surface area (Å²) in [6.45, 7) is 16.1. The summed E-state index contributed by atoms with van der Waals surface area (Å²) < 4.78 is 12.1. The van der Waals surface area contributed by atoms with Gasteiger partial charge in [0.2, 0.25) is 0 Å². The van der Waals surface area contributed by atoms with Crippen LogP contribution >= 0.6 is 0 Å². The summed E-state index contributed by atoms with van der Waals surface area (Å²) in [5.74, 6) is 1.91. The molecule has 1 aliphatic heterocycles. The molecule has 200 valence electrons. The zero-order chi connectivity index (χ0) is 27.4. The van der Waals surface area contributed by atoms with Gasteiger partial charge in [0.25, 0.3) is 0 Å². The van der Waals surface area contributed by atoms with Gasteiger partial charge in [0.15, 0.2) is 0 Å². The quantitative estimate of drug-likeness (QED) is 0.224. The number of hydrogen-bond donors (Lipinski definition) is 0. The fourth-order valence-electron chi connectivity index (χ4n) is 9.04. The van der Waals surface area contributed by atoms with Gasteiger partial charge >= 0.3 is 234 Å². The van der Waals surface area contributed by atoms with Gasteiger partial charge in [0.05, 0.1) is 0 Å². The van der Waals surface area contributed by atoms with Gasteiger partial charge in [-0.2, -0.15) is 0 Å². The van der Waals surface area contributed by atoms with Crippen molar-refractivity contribution in [3.05, 3.63) is 59.7 Å². The Morgan fingerprint density at radius 1 is 0.622 bits per heavy atom. The first-order chi connectivity index (χ1) is 17.7. The third kappa shape index (κ3) is 4.51. The van der Waals surface area contributed by atoms with E-state index in [0.717, 1.165) is 11.5 Å². The van der Waals surface area contributed by atoms with E-state index in [4.69, 9.17) is 9.47 Å². The van der Waals surface area contributed by atoms with Gasteiger partial charge < -0.3 is 0 Å². The zero-order valence-corrected chi connectivity index (χ0v) is 28.2. The Morgan fingerprint density at radius 3 is 1.24 bits per heavy atom. The van der Waals surface area contributed by atoms with Crippen LogP contribution in [0.5, 0.6) is 11.5 Å². The molecule has 0 saturated heterocycles. The van der Waals surface area contributed by atoms with Crippen molar-refractivity contribution < 1.29 is 9.47 Å². The van der Waals surface area contributed by atoms with Gasteiger partial charge in [-0.1, -0.05) is 0 Å². The second-order valence-electron chi connectivity index (χ2n) is 11.5. The molecule has 2 aromatic rings. The van der Waals surface area contributed by atoms with Crippen LogP contribution in [0, 0.1) is 0 Å². The van der Waals surface area contributed by atoms with E-state index in [1.54, 1.807) is 25.4 Å². The fraction of sp³-hybridized carbons (Fsp3) is 0.562. The zero-order valence-electron chi connectivity index (χ0n) is 25.3. The summed E-state index contributed by atoms with van der Waals surface area (Å²) in [4.78, 5) is 5.65. The average molecular weight is 607 g/mol. The molecule has 0 amide bonds. The topological polar surface area (TPSA) is 18.5 Å². The molecule has 0 spiro atoms. The Hall–Kier alpha value is -1.29.